The van der Waals surface area contributed by atoms with Gasteiger partial charge in [-0.1, -0.05) is 33.6 Å². The van der Waals surface area contributed by atoms with Gasteiger partial charge in [-0.3, -0.25) is 0 Å². The van der Waals surface area contributed by atoms with E-state index in [-0.39, 0.29) is 12.4 Å². The van der Waals surface area contributed by atoms with Gasteiger partial charge in [0.1, 0.15) is 5.75 Å². The maximum Gasteiger partial charge on any atom is 0.389 e. The Kier molecular flexibility index (Phi) is 6.24. The summed E-state index contributed by atoms with van der Waals surface area (Å²) in [6.45, 7) is 0. The monoisotopic (exact) mass is 408 g/mol. The lowest BCUT2D eigenvalue weighted by molar-refractivity contribution is -0.135. The Morgan fingerprint density at radius 3 is 2.48 bits per heavy atom. The maximum atomic E-state index is 12.2. The van der Waals surface area contributed by atoms with E-state index in [0.29, 0.717) is 23.6 Å². The highest BCUT2D eigenvalue weighted by atomic mass is 79.9. The summed E-state index contributed by atoms with van der Waals surface area (Å²) in [6, 6.07) is 5.44. The highest BCUT2D eigenvalue weighted by molar-refractivity contribution is 9.10. The Morgan fingerprint density at radius 2 is 1.83 bits per heavy atom. The molecule has 0 fully saturated rings. The molecule has 0 aliphatic rings. The third kappa shape index (κ3) is 5.99. The van der Waals surface area contributed by atoms with Crippen LogP contribution in [0.4, 0.5) is 13.2 Å². The Bertz CT molecular complexity index is 650. The number of hydrogen-bond donors (Lipinski definition) is 0. The van der Waals surface area contributed by atoms with E-state index in [4.69, 9.17) is 16.3 Å². The summed E-state index contributed by atoms with van der Waals surface area (Å²) in [5, 5.41) is 0.388. The van der Waals surface area contributed by atoms with Crippen LogP contribution in [0.15, 0.2) is 35.1 Å². The van der Waals surface area contributed by atoms with Gasteiger partial charge in [0.05, 0.1) is 17.4 Å². The number of benzene rings is 1. The van der Waals surface area contributed by atoms with Crippen molar-refractivity contribution in [2.75, 3.05) is 0 Å². The highest BCUT2D eigenvalue weighted by Gasteiger charge is 2.26. The molecule has 2 rings (SSSR count). The molecule has 0 saturated carbocycles. The van der Waals surface area contributed by atoms with Gasteiger partial charge in [0.25, 0.3) is 0 Å². The van der Waals surface area contributed by atoms with Gasteiger partial charge in [0, 0.05) is 16.5 Å². The Hall–Kier alpha value is -1.34. The van der Waals surface area contributed by atoms with E-state index < -0.39 is 12.6 Å². The van der Waals surface area contributed by atoms with Gasteiger partial charge < -0.3 is 4.74 Å². The van der Waals surface area contributed by atoms with Crippen LogP contribution in [0.3, 0.4) is 0 Å². The fourth-order valence-corrected chi connectivity index (χ4v) is 2.60. The van der Waals surface area contributed by atoms with Gasteiger partial charge in [-0.2, -0.15) is 13.2 Å². The smallest absolute Gasteiger partial charge is 0.389 e. The van der Waals surface area contributed by atoms with E-state index in [9.17, 15) is 13.2 Å². The van der Waals surface area contributed by atoms with Crippen LogP contribution in [0.5, 0.6) is 11.8 Å². The first kappa shape index (κ1) is 18.0. The molecule has 0 radical (unpaired) electrons. The Balaban J connectivity index is 2.05. The minimum Gasteiger partial charge on any atom is -0.424 e. The van der Waals surface area contributed by atoms with Crippen LogP contribution in [-0.2, 0) is 6.42 Å². The van der Waals surface area contributed by atoms with Crippen molar-refractivity contribution in [2.45, 2.75) is 31.9 Å². The average molecular weight is 410 g/mol. The molecule has 23 heavy (non-hydrogen) atoms. The lowest BCUT2D eigenvalue weighted by Crippen LogP contribution is -2.06. The molecule has 0 N–H and O–H groups in total. The molecular formula is C15H13BrClF3N2O. The van der Waals surface area contributed by atoms with Crippen molar-refractivity contribution in [3.05, 3.63) is 45.7 Å². The second-order valence-corrected chi connectivity index (χ2v) is 6.12. The quantitative estimate of drug-likeness (QED) is 0.552. The third-order valence-electron chi connectivity index (χ3n) is 3.01. The fraction of sp³-hybridized carbons (Fsp3) is 0.333. The van der Waals surface area contributed by atoms with Gasteiger partial charge >= 0.3 is 12.2 Å². The highest BCUT2D eigenvalue weighted by Crippen LogP contribution is 2.32. The predicted molar refractivity (Wildman–Crippen MR) is 84.9 cm³/mol. The first-order valence-electron chi connectivity index (χ1n) is 6.85. The molecule has 0 aliphatic heterocycles. The van der Waals surface area contributed by atoms with E-state index in [1.807, 2.05) is 6.07 Å². The normalized spacial score (nSPS) is 11.5. The average Bonchev–Trinajstić information content (AvgIpc) is 2.47. The number of aromatic nitrogens is 2. The number of unbranched alkanes of at least 4 members (excludes halogenated alkanes) is 1. The van der Waals surface area contributed by atoms with Crippen molar-refractivity contribution in [3.8, 4) is 11.8 Å². The van der Waals surface area contributed by atoms with Crippen LogP contribution in [0, 0.1) is 0 Å². The van der Waals surface area contributed by atoms with E-state index in [1.54, 1.807) is 12.1 Å². The maximum absolute atomic E-state index is 12.2. The van der Waals surface area contributed by atoms with Crippen LogP contribution in [0.1, 0.15) is 24.8 Å². The van der Waals surface area contributed by atoms with Gasteiger partial charge in [0.2, 0.25) is 0 Å². The predicted octanol–water partition coefficient (Wildman–Crippen LogP) is 5.96. The number of nitrogens with zero attached hydrogens (tertiary/aromatic N) is 2. The molecule has 0 amide bonds. The lowest BCUT2D eigenvalue weighted by atomic mass is 10.1. The van der Waals surface area contributed by atoms with Crippen molar-refractivity contribution in [2.24, 2.45) is 0 Å². The summed E-state index contributed by atoms with van der Waals surface area (Å²) in [7, 11) is 0. The molecule has 8 heteroatoms. The summed E-state index contributed by atoms with van der Waals surface area (Å²) >= 11 is 9.11. The van der Waals surface area contributed by atoms with Crippen LogP contribution < -0.4 is 4.74 Å². The summed E-state index contributed by atoms with van der Waals surface area (Å²) in [5.41, 5.74) is 0.785. The zero-order valence-corrected chi connectivity index (χ0v) is 14.2. The topological polar surface area (TPSA) is 35.0 Å². The molecule has 0 bridgehead atoms. The first-order valence-corrected chi connectivity index (χ1v) is 8.02. The number of hydrogen-bond acceptors (Lipinski definition) is 3. The minimum atomic E-state index is -4.12. The number of ether oxygens (including phenoxy) is 1. The molecule has 3 nitrogen and oxygen atoms in total. The summed E-state index contributed by atoms with van der Waals surface area (Å²) in [4.78, 5) is 7.89. The molecule has 0 unspecified atom stereocenters. The SMILES string of the molecule is FC(F)(F)CCCCc1c(Br)cccc1Oc1ncc(Cl)cn1. The Morgan fingerprint density at radius 1 is 1.13 bits per heavy atom. The number of rotatable bonds is 6. The molecule has 1 heterocycles. The first-order chi connectivity index (χ1) is 10.8. The van der Waals surface area contributed by atoms with Crippen molar-refractivity contribution in [1.29, 1.82) is 0 Å². The molecule has 124 valence electrons. The molecule has 1 aromatic carbocycles. The standard InChI is InChI=1S/C15H13BrClF3N2O/c16-12-5-3-6-13(23-14-21-8-10(17)9-22-14)11(12)4-1-2-7-15(18,19)20/h3,5-6,8-9H,1-2,4,7H2. The second-order valence-electron chi connectivity index (χ2n) is 4.82. The summed E-state index contributed by atoms with van der Waals surface area (Å²) < 4.78 is 43.0. The summed E-state index contributed by atoms with van der Waals surface area (Å²) in [6.07, 6.45) is -1.16. The summed E-state index contributed by atoms with van der Waals surface area (Å²) in [5.74, 6) is 0.508. The van der Waals surface area contributed by atoms with E-state index in [1.165, 1.54) is 12.4 Å². The van der Waals surface area contributed by atoms with Gasteiger partial charge in [0.15, 0.2) is 0 Å². The van der Waals surface area contributed by atoms with E-state index >= 15 is 0 Å². The van der Waals surface area contributed by atoms with Gasteiger partial charge in [-0.05, 0) is 31.4 Å². The van der Waals surface area contributed by atoms with Crippen LogP contribution >= 0.6 is 27.5 Å². The molecule has 0 spiro atoms. The van der Waals surface area contributed by atoms with Crippen LogP contribution in [-0.4, -0.2) is 16.1 Å². The molecule has 1 aromatic heterocycles. The third-order valence-corrected chi connectivity index (χ3v) is 3.95. The van der Waals surface area contributed by atoms with Crippen molar-refractivity contribution < 1.29 is 17.9 Å². The van der Waals surface area contributed by atoms with Gasteiger partial charge in [-0.15, -0.1) is 0 Å². The zero-order chi connectivity index (χ0) is 16.9. The zero-order valence-electron chi connectivity index (χ0n) is 11.9. The van der Waals surface area contributed by atoms with E-state index in [2.05, 4.69) is 25.9 Å². The molecular weight excluding hydrogens is 397 g/mol. The van der Waals surface area contributed by atoms with Gasteiger partial charge in [-0.25, -0.2) is 9.97 Å². The van der Waals surface area contributed by atoms with E-state index in [0.717, 1.165) is 10.0 Å². The largest absolute Gasteiger partial charge is 0.424 e. The second kappa shape index (κ2) is 7.97. The van der Waals surface area contributed by atoms with Crippen molar-refractivity contribution >= 4 is 27.5 Å². The Labute approximate surface area is 145 Å². The van der Waals surface area contributed by atoms with Crippen LogP contribution in [0.2, 0.25) is 5.02 Å². The molecule has 0 aliphatic carbocycles. The van der Waals surface area contributed by atoms with Crippen LogP contribution in [0.25, 0.3) is 0 Å². The number of halogens is 5. The molecule has 0 atom stereocenters. The number of alkyl halides is 3. The lowest BCUT2D eigenvalue weighted by Gasteiger charge is -2.12. The molecule has 2 aromatic rings. The minimum absolute atomic E-state index is 0.0712. The molecule has 0 saturated heterocycles. The fourth-order valence-electron chi connectivity index (χ4n) is 1.96. The van der Waals surface area contributed by atoms with Crippen molar-refractivity contribution in [3.63, 3.8) is 0 Å². The van der Waals surface area contributed by atoms with Crippen molar-refractivity contribution in [1.82, 2.24) is 9.97 Å².